The molecule has 0 bridgehead atoms. The first-order chi connectivity index (χ1) is 12.5. The van der Waals surface area contributed by atoms with E-state index in [1.165, 1.54) is 12.8 Å². The van der Waals surface area contributed by atoms with E-state index in [-0.39, 0.29) is 5.91 Å². The van der Waals surface area contributed by atoms with Crippen molar-refractivity contribution >= 4 is 28.3 Å². The lowest BCUT2D eigenvalue weighted by Crippen LogP contribution is -2.21. The summed E-state index contributed by atoms with van der Waals surface area (Å²) in [5, 5.41) is 3.04. The van der Waals surface area contributed by atoms with Gasteiger partial charge in [0.15, 0.2) is 0 Å². The average molecular weight is 372 g/mol. The maximum absolute atomic E-state index is 12.5. The standard InChI is InChI=1S/C20H25N3O2S/c1-22(2)26(25)17-11-9-16(10-12-17)15-20(24)21-18-7-3-4-8-19(18)23-13-5-6-14-23/h3-4,7-12H,5-6,13-15H2,1-2H3,(H,21,24). The number of benzene rings is 2. The number of nitrogens with zero attached hydrogens (tertiary/aromatic N) is 2. The Morgan fingerprint density at radius 1 is 1.08 bits per heavy atom. The fourth-order valence-corrected chi connectivity index (χ4v) is 3.92. The molecule has 1 N–H and O–H groups in total. The first-order valence-corrected chi connectivity index (χ1v) is 9.97. The number of para-hydroxylation sites is 2. The summed E-state index contributed by atoms with van der Waals surface area (Å²) in [7, 11) is 2.38. The average Bonchev–Trinajstić information content (AvgIpc) is 3.16. The Labute approximate surface area is 157 Å². The van der Waals surface area contributed by atoms with E-state index in [9.17, 15) is 9.00 Å². The topological polar surface area (TPSA) is 52.7 Å². The molecule has 6 heteroatoms. The summed E-state index contributed by atoms with van der Waals surface area (Å²) in [5.41, 5.74) is 2.86. The second kappa shape index (κ2) is 8.47. The third kappa shape index (κ3) is 4.51. The highest BCUT2D eigenvalue weighted by Gasteiger charge is 2.16. The van der Waals surface area contributed by atoms with Crippen LogP contribution in [0.1, 0.15) is 18.4 Å². The quantitative estimate of drug-likeness (QED) is 0.849. The number of rotatable bonds is 6. The summed E-state index contributed by atoms with van der Waals surface area (Å²) >= 11 is 0. The number of amides is 1. The molecule has 1 amide bonds. The smallest absolute Gasteiger partial charge is 0.228 e. The summed E-state index contributed by atoms with van der Waals surface area (Å²) < 4.78 is 13.7. The normalized spacial score (nSPS) is 15.3. The van der Waals surface area contributed by atoms with Crippen LogP contribution in [0.15, 0.2) is 53.4 Å². The zero-order valence-electron chi connectivity index (χ0n) is 15.3. The highest BCUT2D eigenvalue weighted by molar-refractivity contribution is 7.82. The Morgan fingerprint density at radius 3 is 2.38 bits per heavy atom. The molecule has 0 saturated carbocycles. The van der Waals surface area contributed by atoms with Crippen LogP contribution in [0.5, 0.6) is 0 Å². The molecule has 1 saturated heterocycles. The van der Waals surface area contributed by atoms with Gasteiger partial charge in [-0.25, -0.2) is 8.51 Å². The Hall–Kier alpha value is -2.18. The van der Waals surface area contributed by atoms with Crippen LogP contribution in [0, 0.1) is 0 Å². The van der Waals surface area contributed by atoms with Gasteiger partial charge in [-0.2, -0.15) is 0 Å². The van der Waals surface area contributed by atoms with Gasteiger partial charge >= 0.3 is 0 Å². The van der Waals surface area contributed by atoms with Crippen LogP contribution in [-0.2, 0) is 22.2 Å². The van der Waals surface area contributed by atoms with Gasteiger partial charge in [0.25, 0.3) is 0 Å². The monoisotopic (exact) mass is 371 g/mol. The number of anilines is 2. The van der Waals surface area contributed by atoms with Gasteiger partial charge in [0.1, 0.15) is 11.0 Å². The largest absolute Gasteiger partial charge is 0.370 e. The van der Waals surface area contributed by atoms with Crippen molar-refractivity contribution in [3.63, 3.8) is 0 Å². The van der Waals surface area contributed by atoms with Crippen LogP contribution in [0.3, 0.4) is 0 Å². The molecule has 3 rings (SSSR count). The number of carbonyl (C=O) groups excluding carboxylic acids is 1. The lowest BCUT2D eigenvalue weighted by Gasteiger charge is -2.21. The number of nitrogens with one attached hydrogen (secondary N) is 1. The molecule has 0 spiro atoms. The van der Waals surface area contributed by atoms with Gasteiger partial charge in [-0.15, -0.1) is 0 Å². The fourth-order valence-electron chi connectivity index (χ4n) is 3.13. The van der Waals surface area contributed by atoms with Crippen molar-refractivity contribution in [1.82, 2.24) is 4.31 Å². The minimum absolute atomic E-state index is 0.0434. The maximum Gasteiger partial charge on any atom is 0.228 e. The third-order valence-corrected chi connectivity index (χ3v) is 5.78. The minimum Gasteiger partial charge on any atom is -0.370 e. The molecule has 1 aliphatic rings. The molecule has 26 heavy (non-hydrogen) atoms. The van der Waals surface area contributed by atoms with Gasteiger partial charge in [-0.05, 0) is 56.8 Å². The van der Waals surface area contributed by atoms with E-state index in [1.807, 2.05) is 42.5 Å². The molecular weight excluding hydrogens is 346 g/mol. The van der Waals surface area contributed by atoms with E-state index < -0.39 is 11.0 Å². The van der Waals surface area contributed by atoms with Crippen LogP contribution in [0.2, 0.25) is 0 Å². The van der Waals surface area contributed by atoms with E-state index in [2.05, 4.69) is 16.3 Å². The van der Waals surface area contributed by atoms with Gasteiger partial charge in [-0.1, -0.05) is 24.3 Å². The van der Waals surface area contributed by atoms with Gasteiger partial charge < -0.3 is 10.2 Å². The van der Waals surface area contributed by atoms with Crippen molar-refractivity contribution in [2.24, 2.45) is 0 Å². The van der Waals surface area contributed by atoms with Crippen molar-refractivity contribution in [2.45, 2.75) is 24.2 Å². The number of carbonyl (C=O) groups is 1. The number of hydrogen-bond acceptors (Lipinski definition) is 3. The summed E-state index contributed by atoms with van der Waals surface area (Å²) in [6.07, 6.45) is 2.69. The Balaban J connectivity index is 1.65. The molecule has 1 aliphatic heterocycles. The van der Waals surface area contributed by atoms with Crippen molar-refractivity contribution in [3.05, 3.63) is 54.1 Å². The lowest BCUT2D eigenvalue weighted by molar-refractivity contribution is -0.115. The molecule has 1 fully saturated rings. The van der Waals surface area contributed by atoms with Crippen molar-refractivity contribution in [1.29, 1.82) is 0 Å². The molecule has 5 nitrogen and oxygen atoms in total. The molecule has 0 aliphatic carbocycles. The highest BCUT2D eigenvalue weighted by atomic mass is 32.2. The molecule has 2 aromatic carbocycles. The lowest BCUT2D eigenvalue weighted by atomic mass is 10.1. The predicted octanol–water partition coefficient (Wildman–Crippen LogP) is 3.05. The number of hydrogen-bond donors (Lipinski definition) is 1. The van der Waals surface area contributed by atoms with Crippen molar-refractivity contribution in [3.8, 4) is 0 Å². The first kappa shape index (κ1) is 18.6. The highest BCUT2D eigenvalue weighted by Crippen LogP contribution is 2.28. The van der Waals surface area contributed by atoms with Crippen LogP contribution < -0.4 is 10.2 Å². The van der Waals surface area contributed by atoms with Crippen LogP contribution in [0.25, 0.3) is 0 Å². The first-order valence-electron chi connectivity index (χ1n) is 8.86. The second-order valence-electron chi connectivity index (χ2n) is 6.64. The van der Waals surface area contributed by atoms with Crippen molar-refractivity contribution in [2.75, 3.05) is 37.4 Å². The second-order valence-corrected chi connectivity index (χ2v) is 8.34. The van der Waals surface area contributed by atoms with Gasteiger partial charge in [-0.3, -0.25) is 4.79 Å². The minimum atomic E-state index is -1.17. The molecule has 1 unspecified atom stereocenters. The van der Waals surface area contributed by atoms with Crippen LogP contribution in [-0.4, -0.2) is 41.6 Å². The van der Waals surface area contributed by atoms with Crippen LogP contribution >= 0.6 is 0 Å². The van der Waals surface area contributed by atoms with Crippen molar-refractivity contribution < 1.29 is 9.00 Å². The van der Waals surface area contributed by atoms with Crippen LogP contribution in [0.4, 0.5) is 11.4 Å². The SMILES string of the molecule is CN(C)S(=O)c1ccc(CC(=O)Nc2ccccc2N2CCCC2)cc1. The molecular formula is C20H25N3O2S. The molecule has 1 heterocycles. The zero-order valence-corrected chi connectivity index (χ0v) is 16.1. The summed E-state index contributed by atoms with van der Waals surface area (Å²) in [5.74, 6) is -0.0434. The van der Waals surface area contributed by atoms with E-state index >= 15 is 0 Å². The Kier molecular flexibility index (Phi) is 6.06. The summed E-state index contributed by atoms with van der Waals surface area (Å²) in [6, 6.07) is 15.3. The fraction of sp³-hybridized carbons (Fsp3) is 0.350. The van der Waals surface area contributed by atoms with E-state index in [0.29, 0.717) is 6.42 Å². The zero-order chi connectivity index (χ0) is 18.5. The molecule has 138 valence electrons. The van der Waals surface area contributed by atoms with Gasteiger partial charge in [0.05, 0.1) is 22.7 Å². The predicted molar refractivity (Wildman–Crippen MR) is 107 cm³/mol. The third-order valence-electron chi connectivity index (χ3n) is 4.45. The Morgan fingerprint density at radius 2 is 1.73 bits per heavy atom. The molecule has 2 aromatic rings. The molecule has 0 aromatic heterocycles. The Bertz CT molecular complexity index is 784. The molecule has 1 atom stereocenters. The summed E-state index contributed by atoms with van der Waals surface area (Å²) in [4.78, 5) is 15.5. The van der Waals surface area contributed by atoms with E-state index in [0.717, 1.165) is 34.9 Å². The maximum atomic E-state index is 12.5. The van der Waals surface area contributed by atoms with Gasteiger partial charge in [0.2, 0.25) is 5.91 Å². The summed E-state index contributed by atoms with van der Waals surface area (Å²) in [6.45, 7) is 2.08. The van der Waals surface area contributed by atoms with Gasteiger partial charge in [0, 0.05) is 13.1 Å². The van der Waals surface area contributed by atoms with E-state index in [1.54, 1.807) is 18.4 Å². The van der Waals surface area contributed by atoms with E-state index in [4.69, 9.17) is 0 Å². The molecule has 0 radical (unpaired) electrons.